The van der Waals surface area contributed by atoms with E-state index >= 15 is 0 Å². The summed E-state index contributed by atoms with van der Waals surface area (Å²) in [6, 6.07) is 0. The maximum absolute atomic E-state index is 3.65. The quantitative estimate of drug-likeness (QED) is 0.0816. The fourth-order valence-corrected chi connectivity index (χ4v) is 4.22. The molecule has 0 aliphatic rings. The van der Waals surface area contributed by atoms with E-state index in [1.54, 1.807) is 0 Å². The van der Waals surface area contributed by atoms with Crippen molar-refractivity contribution in [2.24, 2.45) is 0 Å². The van der Waals surface area contributed by atoms with Crippen molar-refractivity contribution in [3.8, 4) is 0 Å². The highest BCUT2D eigenvalue weighted by Gasteiger charge is 1.93. The predicted octanol–water partition coefficient (Wildman–Crippen LogP) is 11.8. The molecule has 0 saturated heterocycles. The monoisotopic (exact) mass is 509 g/mol. The third-order valence-corrected chi connectivity index (χ3v) is 6.51. The van der Waals surface area contributed by atoms with Gasteiger partial charge in [-0.2, -0.15) is 0 Å². The number of unbranched alkanes of at least 4 members (excludes halogenated alkanes) is 12. The highest BCUT2D eigenvalue weighted by Crippen LogP contribution is 2.09. The average Bonchev–Trinajstić information content (AvgIpc) is 2.91. The Morgan fingerprint density at radius 2 is 0.622 bits per heavy atom. The van der Waals surface area contributed by atoms with E-state index in [-0.39, 0.29) is 0 Å². The van der Waals surface area contributed by atoms with Gasteiger partial charge >= 0.3 is 0 Å². The summed E-state index contributed by atoms with van der Waals surface area (Å²) in [7, 11) is 0. The Balaban J connectivity index is 3.19. The third kappa shape index (κ3) is 34.4. The normalized spacial score (nSPS) is 12.8. The molecule has 1 N–H and O–H groups in total. The first kappa shape index (κ1) is 35.4. The maximum atomic E-state index is 3.65. The topological polar surface area (TPSA) is 12.0 Å². The maximum Gasteiger partial charge on any atom is -0.00489 e. The van der Waals surface area contributed by atoms with E-state index in [0.717, 1.165) is 38.5 Å². The van der Waals surface area contributed by atoms with Crippen molar-refractivity contribution in [1.82, 2.24) is 5.32 Å². The van der Waals surface area contributed by atoms with E-state index in [1.807, 2.05) is 0 Å². The third-order valence-electron chi connectivity index (χ3n) is 6.51. The van der Waals surface area contributed by atoms with Crippen LogP contribution in [0.5, 0.6) is 0 Å². The van der Waals surface area contributed by atoms with Gasteiger partial charge in [0.2, 0.25) is 0 Å². The van der Waals surface area contributed by atoms with Crippen molar-refractivity contribution in [2.75, 3.05) is 13.1 Å². The first-order chi connectivity index (χ1) is 18.4. The van der Waals surface area contributed by atoms with Gasteiger partial charge in [-0.3, -0.25) is 0 Å². The van der Waals surface area contributed by atoms with Gasteiger partial charge in [-0.05, 0) is 90.1 Å². The fraction of sp³-hybridized carbons (Fsp3) is 0.667. The summed E-state index contributed by atoms with van der Waals surface area (Å²) in [5.74, 6) is 0. The Labute approximate surface area is 233 Å². The van der Waals surface area contributed by atoms with Crippen LogP contribution in [0, 0.1) is 0 Å². The lowest BCUT2D eigenvalue weighted by Gasteiger charge is -2.05. The predicted molar refractivity (Wildman–Crippen MR) is 171 cm³/mol. The number of rotatable bonds is 28. The fourth-order valence-electron chi connectivity index (χ4n) is 4.22. The largest absolute Gasteiger partial charge is 0.317 e. The molecule has 0 atom stereocenters. The minimum Gasteiger partial charge on any atom is -0.317 e. The highest BCUT2D eigenvalue weighted by molar-refractivity contribution is 4.97. The van der Waals surface area contributed by atoms with E-state index in [2.05, 4.69) is 92.1 Å². The summed E-state index contributed by atoms with van der Waals surface area (Å²) in [6.07, 6.45) is 53.1. The summed E-state index contributed by atoms with van der Waals surface area (Å²) in [6.45, 7) is 6.78. The molecule has 0 bridgehead atoms. The van der Waals surface area contributed by atoms with Gasteiger partial charge in [0, 0.05) is 0 Å². The van der Waals surface area contributed by atoms with Gasteiger partial charge in [0.05, 0.1) is 0 Å². The SMILES string of the molecule is CCC=CCC=CCC=CCCCCCCCCNCCCCCCCCC=CCC=CCC=CCC. The Bertz CT molecular complexity index is 538. The van der Waals surface area contributed by atoms with Crippen LogP contribution in [0.2, 0.25) is 0 Å². The number of hydrogen-bond acceptors (Lipinski definition) is 1. The van der Waals surface area contributed by atoms with Crippen molar-refractivity contribution in [1.29, 1.82) is 0 Å². The van der Waals surface area contributed by atoms with Crippen molar-refractivity contribution in [3.05, 3.63) is 72.9 Å². The molecule has 37 heavy (non-hydrogen) atoms. The molecule has 0 aliphatic heterocycles. The molecule has 0 spiro atoms. The van der Waals surface area contributed by atoms with Crippen LogP contribution in [0.4, 0.5) is 0 Å². The van der Waals surface area contributed by atoms with Crippen LogP contribution in [-0.2, 0) is 0 Å². The number of hydrogen-bond donors (Lipinski definition) is 1. The number of allylic oxidation sites excluding steroid dienone is 12. The van der Waals surface area contributed by atoms with Gasteiger partial charge < -0.3 is 5.32 Å². The Kier molecular flexibility index (Phi) is 32.9. The molecule has 0 aromatic carbocycles. The van der Waals surface area contributed by atoms with Crippen LogP contribution >= 0.6 is 0 Å². The van der Waals surface area contributed by atoms with Crippen LogP contribution in [0.15, 0.2) is 72.9 Å². The first-order valence-electron chi connectivity index (χ1n) is 16.0. The molecule has 0 fully saturated rings. The van der Waals surface area contributed by atoms with Gasteiger partial charge in [0.1, 0.15) is 0 Å². The van der Waals surface area contributed by atoms with Crippen LogP contribution in [-0.4, -0.2) is 13.1 Å². The second-order valence-corrected chi connectivity index (χ2v) is 10.2. The van der Waals surface area contributed by atoms with Gasteiger partial charge in [0.25, 0.3) is 0 Å². The zero-order chi connectivity index (χ0) is 26.7. The van der Waals surface area contributed by atoms with Crippen LogP contribution in [0.25, 0.3) is 0 Å². The zero-order valence-electron chi connectivity index (χ0n) is 25.0. The summed E-state index contributed by atoms with van der Waals surface area (Å²) in [5, 5.41) is 3.65. The van der Waals surface area contributed by atoms with E-state index in [4.69, 9.17) is 0 Å². The van der Waals surface area contributed by atoms with E-state index in [1.165, 1.54) is 103 Å². The molecular formula is C36H63N. The van der Waals surface area contributed by atoms with Crippen molar-refractivity contribution in [2.45, 2.75) is 142 Å². The first-order valence-corrected chi connectivity index (χ1v) is 16.0. The van der Waals surface area contributed by atoms with Crippen LogP contribution in [0.3, 0.4) is 0 Å². The molecule has 1 nitrogen and oxygen atoms in total. The smallest absolute Gasteiger partial charge is 0.00489 e. The average molecular weight is 510 g/mol. The van der Waals surface area contributed by atoms with Gasteiger partial charge in [-0.15, -0.1) is 0 Å². The van der Waals surface area contributed by atoms with Gasteiger partial charge in [0.15, 0.2) is 0 Å². The molecule has 0 aromatic rings. The molecule has 0 unspecified atom stereocenters. The number of nitrogens with one attached hydrogen (secondary N) is 1. The molecule has 0 aromatic heterocycles. The summed E-state index contributed by atoms with van der Waals surface area (Å²) in [5.41, 5.74) is 0. The lowest BCUT2D eigenvalue weighted by molar-refractivity contribution is 0.540. The van der Waals surface area contributed by atoms with Crippen molar-refractivity contribution < 1.29 is 0 Å². The Hall–Kier alpha value is -1.60. The molecule has 1 heteroatoms. The molecule has 212 valence electrons. The molecule has 0 saturated carbocycles. The molecule has 0 aliphatic carbocycles. The Morgan fingerprint density at radius 1 is 0.324 bits per heavy atom. The molecule has 0 radical (unpaired) electrons. The molecular weight excluding hydrogens is 446 g/mol. The lowest BCUT2D eigenvalue weighted by atomic mass is 10.1. The second kappa shape index (κ2) is 34.4. The Morgan fingerprint density at radius 3 is 1.00 bits per heavy atom. The van der Waals surface area contributed by atoms with E-state index < -0.39 is 0 Å². The minimum absolute atomic E-state index is 1.08. The van der Waals surface area contributed by atoms with Gasteiger partial charge in [-0.1, -0.05) is 138 Å². The van der Waals surface area contributed by atoms with E-state index in [9.17, 15) is 0 Å². The minimum atomic E-state index is 1.08. The second-order valence-electron chi connectivity index (χ2n) is 10.2. The molecule has 0 rings (SSSR count). The lowest BCUT2D eigenvalue weighted by Crippen LogP contribution is -2.16. The van der Waals surface area contributed by atoms with Crippen LogP contribution in [0.1, 0.15) is 142 Å². The standard InChI is InChI=1S/C36H63N/c1-3-5-7-9-11-13-15-17-19-21-23-25-27-29-31-33-35-37-36-34-32-30-28-26-24-22-20-18-16-14-12-10-8-6-4-2/h5-8,11-14,17-20,37H,3-4,9-10,15-16,21-36H2,1-2H3. The summed E-state index contributed by atoms with van der Waals surface area (Å²) >= 11 is 0. The zero-order valence-corrected chi connectivity index (χ0v) is 25.0. The molecule has 0 amide bonds. The summed E-state index contributed by atoms with van der Waals surface area (Å²) in [4.78, 5) is 0. The van der Waals surface area contributed by atoms with Gasteiger partial charge in [-0.25, -0.2) is 0 Å². The van der Waals surface area contributed by atoms with Crippen LogP contribution < -0.4 is 5.32 Å². The highest BCUT2D eigenvalue weighted by atomic mass is 14.8. The van der Waals surface area contributed by atoms with Crippen molar-refractivity contribution in [3.63, 3.8) is 0 Å². The summed E-state index contributed by atoms with van der Waals surface area (Å²) < 4.78 is 0. The molecule has 0 heterocycles. The van der Waals surface area contributed by atoms with Crippen molar-refractivity contribution >= 4 is 0 Å². The van der Waals surface area contributed by atoms with E-state index in [0.29, 0.717) is 0 Å².